The zero-order valence-electron chi connectivity index (χ0n) is 10.3. The Morgan fingerprint density at radius 2 is 2.00 bits per heavy atom. The third-order valence-corrected chi connectivity index (χ3v) is 6.54. The molecule has 106 valence electrons. The number of rotatable bonds is 2. The summed E-state index contributed by atoms with van der Waals surface area (Å²) in [4.78, 5) is 4.47. The van der Waals surface area contributed by atoms with Crippen LogP contribution in [-0.2, 0) is 23.1 Å². The quantitative estimate of drug-likeness (QED) is 0.750. The van der Waals surface area contributed by atoms with Crippen molar-refractivity contribution >= 4 is 41.9 Å². The lowest BCUT2D eigenvalue weighted by Crippen LogP contribution is -2.38. The Morgan fingerprint density at radius 1 is 1.20 bits per heavy atom. The van der Waals surface area contributed by atoms with E-state index < -0.39 is 10.0 Å². The summed E-state index contributed by atoms with van der Waals surface area (Å²) in [6.07, 6.45) is 3.57. The number of sulfonamides is 1. The monoisotopic (exact) mass is 419 g/mol. The summed E-state index contributed by atoms with van der Waals surface area (Å²) in [6, 6.07) is 5.06. The molecule has 0 amide bonds. The van der Waals surface area contributed by atoms with E-state index >= 15 is 0 Å². The van der Waals surface area contributed by atoms with Gasteiger partial charge in [0.1, 0.15) is 5.82 Å². The smallest absolute Gasteiger partial charge is 0.244 e. The van der Waals surface area contributed by atoms with E-state index in [-0.39, 0.29) is 4.90 Å². The normalized spacial score (nSPS) is 16.1. The second kappa shape index (κ2) is 5.25. The zero-order valence-corrected chi connectivity index (χ0v) is 14.3. The van der Waals surface area contributed by atoms with Gasteiger partial charge in [-0.3, -0.25) is 0 Å². The summed E-state index contributed by atoms with van der Waals surface area (Å²) >= 11 is 6.64. The predicted octanol–water partition coefficient (Wildman–Crippen LogP) is 2.61. The minimum absolute atomic E-state index is 0.278. The highest BCUT2D eigenvalue weighted by atomic mass is 79.9. The molecule has 1 aromatic heterocycles. The van der Waals surface area contributed by atoms with Gasteiger partial charge in [0.15, 0.2) is 0 Å². The molecule has 2 heterocycles. The van der Waals surface area contributed by atoms with Gasteiger partial charge in [-0.2, -0.15) is 4.31 Å². The molecule has 0 fully saturated rings. The molecule has 0 unspecified atom stereocenters. The molecule has 0 radical (unpaired) electrons. The SMILES string of the molecule is O=S(=O)(c1ccc(Br)cc1Br)N1CCn2ccnc2C1. The van der Waals surface area contributed by atoms with Crippen molar-refractivity contribution in [1.29, 1.82) is 0 Å². The summed E-state index contributed by atoms with van der Waals surface area (Å²) in [5.74, 6) is 0.771. The van der Waals surface area contributed by atoms with Crippen LogP contribution < -0.4 is 0 Å². The number of hydrogen-bond donors (Lipinski definition) is 0. The van der Waals surface area contributed by atoms with E-state index in [1.165, 1.54) is 4.31 Å². The molecule has 0 saturated heterocycles. The van der Waals surface area contributed by atoms with Gasteiger partial charge in [-0.15, -0.1) is 0 Å². The molecule has 3 rings (SSSR count). The van der Waals surface area contributed by atoms with Crippen LogP contribution in [0.1, 0.15) is 5.82 Å². The molecule has 8 heteroatoms. The fraction of sp³-hybridized carbons (Fsp3) is 0.250. The van der Waals surface area contributed by atoms with Crippen LogP contribution in [0.3, 0.4) is 0 Å². The van der Waals surface area contributed by atoms with E-state index in [2.05, 4.69) is 36.8 Å². The molecule has 0 spiro atoms. The maximum absolute atomic E-state index is 12.7. The highest BCUT2D eigenvalue weighted by Gasteiger charge is 2.30. The molecule has 0 aliphatic carbocycles. The highest BCUT2D eigenvalue weighted by Crippen LogP contribution is 2.29. The van der Waals surface area contributed by atoms with E-state index in [0.29, 0.717) is 24.1 Å². The fourth-order valence-corrected chi connectivity index (χ4v) is 5.27. The van der Waals surface area contributed by atoms with Crippen LogP contribution in [0.4, 0.5) is 0 Å². The summed E-state index contributed by atoms with van der Waals surface area (Å²) in [7, 11) is -3.52. The molecule has 5 nitrogen and oxygen atoms in total. The predicted molar refractivity (Wildman–Crippen MR) is 81.7 cm³/mol. The fourth-order valence-electron chi connectivity index (χ4n) is 2.18. The van der Waals surface area contributed by atoms with Crippen molar-refractivity contribution in [2.24, 2.45) is 0 Å². The maximum Gasteiger partial charge on any atom is 0.244 e. The topological polar surface area (TPSA) is 55.2 Å². The highest BCUT2D eigenvalue weighted by molar-refractivity contribution is 9.11. The molecule has 1 aromatic carbocycles. The molecule has 0 N–H and O–H groups in total. The van der Waals surface area contributed by atoms with Gasteiger partial charge >= 0.3 is 0 Å². The van der Waals surface area contributed by atoms with Crippen LogP contribution in [0, 0.1) is 0 Å². The molecule has 0 saturated carbocycles. The first-order valence-electron chi connectivity index (χ1n) is 5.94. The van der Waals surface area contributed by atoms with Crippen molar-refractivity contribution in [3.63, 3.8) is 0 Å². The molecule has 1 aliphatic heterocycles. The van der Waals surface area contributed by atoms with Crippen molar-refractivity contribution in [3.05, 3.63) is 45.4 Å². The van der Waals surface area contributed by atoms with Crippen LogP contribution >= 0.6 is 31.9 Å². The molecule has 2 aromatic rings. The molecule has 20 heavy (non-hydrogen) atoms. The number of benzene rings is 1. The zero-order chi connectivity index (χ0) is 14.3. The Hall–Kier alpha value is -0.700. The van der Waals surface area contributed by atoms with E-state index in [0.717, 1.165) is 10.3 Å². The molecule has 0 atom stereocenters. The van der Waals surface area contributed by atoms with Crippen LogP contribution in [0.5, 0.6) is 0 Å². The number of hydrogen-bond acceptors (Lipinski definition) is 3. The van der Waals surface area contributed by atoms with Gasteiger partial charge in [0.05, 0.1) is 11.4 Å². The van der Waals surface area contributed by atoms with Crippen molar-refractivity contribution in [2.75, 3.05) is 6.54 Å². The summed E-state index contributed by atoms with van der Waals surface area (Å²) in [5, 5.41) is 0. The molecule has 0 bridgehead atoms. The van der Waals surface area contributed by atoms with Gasteiger partial charge in [0, 0.05) is 34.4 Å². The largest absolute Gasteiger partial charge is 0.333 e. The minimum atomic E-state index is -3.52. The summed E-state index contributed by atoms with van der Waals surface area (Å²) in [5.41, 5.74) is 0. The Labute approximate surface area is 133 Å². The van der Waals surface area contributed by atoms with Crippen molar-refractivity contribution in [3.8, 4) is 0 Å². The maximum atomic E-state index is 12.7. The lowest BCUT2D eigenvalue weighted by molar-refractivity contribution is 0.335. The van der Waals surface area contributed by atoms with Gasteiger partial charge < -0.3 is 4.57 Å². The average molecular weight is 421 g/mol. The summed E-state index contributed by atoms with van der Waals surface area (Å²) < 4.78 is 30.2. The van der Waals surface area contributed by atoms with Crippen LogP contribution in [0.25, 0.3) is 0 Å². The van der Waals surface area contributed by atoms with Crippen LogP contribution in [-0.4, -0.2) is 28.8 Å². The second-order valence-corrected chi connectivity index (χ2v) is 8.13. The second-order valence-electron chi connectivity index (χ2n) is 4.45. The minimum Gasteiger partial charge on any atom is -0.333 e. The number of nitrogens with zero attached hydrogens (tertiary/aromatic N) is 3. The number of aromatic nitrogens is 2. The Morgan fingerprint density at radius 3 is 2.75 bits per heavy atom. The van der Waals surface area contributed by atoms with Gasteiger partial charge in [-0.05, 0) is 34.1 Å². The first-order chi connectivity index (χ1) is 9.48. The Kier molecular flexibility index (Phi) is 3.74. The Bertz CT molecular complexity index is 758. The van der Waals surface area contributed by atoms with E-state index in [1.807, 2.05) is 10.8 Å². The third-order valence-electron chi connectivity index (χ3n) is 3.22. The van der Waals surface area contributed by atoms with E-state index in [9.17, 15) is 8.42 Å². The molecular formula is C12H11Br2N3O2S. The number of fused-ring (bicyclic) bond motifs is 1. The average Bonchev–Trinajstić information content (AvgIpc) is 2.85. The lowest BCUT2D eigenvalue weighted by atomic mass is 10.4. The molecule has 1 aliphatic rings. The van der Waals surface area contributed by atoms with Gasteiger partial charge in [-0.1, -0.05) is 15.9 Å². The first kappa shape index (κ1) is 14.2. The van der Waals surface area contributed by atoms with Gasteiger partial charge in [0.2, 0.25) is 10.0 Å². The number of halogens is 2. The first-order valence-corrected chi connectivity index (χ1v) is 8.96. The molecular weight excluding hydrogens is 410 g/mol. The lowest BCUT2D eigenvalue weighted by Gasteiger charge is -2.27. The standard InChI is InChI=1S/C12H11Br2N3O2S/c13-9-1-2-11(10(14)7-9)20(18,19)17-6-5-16-4-3-15-12(16)8-17/h1-4,7H,5-6,8H2. The van der Waals surface area contributed by atoms with Crippen molar-refractivity contribution in [2.45, 2.75) is 18.0 Å². The van der Waals surface area contributed by atoms with Crippen molar-refractivity contribution < 1.29 is 8.42 Å². The van der Waals surface area contributed by atoms with Crippen LogP contribution in [0.2, 0.25) is 0 Å². The number of imidazole rings is 1. The van der Waals surface area contributed by atoms with Crippen molar-refractivity contribution in [1.82, 2.24) is 13.9 Å². The third kappa shape index (κ3) is 2.45. The van der Waals surface area contributed by atoms with Crippen LogP contribution in [0.15, 0.2) is 44.4 Å². The van der Waals surface area contributed by atoms with Gasteiger partial charge in [0.25, 0.3) is 0 Å². The van der Waals surface area contributed by atoms with E-state index in [1.54, 1.807) is 24.4 Å². The van der Waals surface area contributed by atoms with E-state index in [4.69, 9.17) is 0 Å². The van der Waals surface area contributed by atoms with Gasteiger partial charge in [-0.25, -0.2) is 13.4 Å². The Balaban J connectivity index is 1.97. The summed E-state index contributed by atoms with van der Waals surface area (Å²) in [6.45, 7) is 1.38.